The van der Waals surface area contributed by atoms with Gasteiger partial charge in [-0.1, -0.05) is 70.2 Å². The Morgan fingerprint density at radius 1 is 1.10 bits per heavy atom. The summed E-state index contributed by atoms with van der Waals surface area (Å²) in [7, 11) is 0. The maximum absolute atomic E-state index is 12.7. The number of nitrogens with zero attached hydrogens (tertiary/aromatic N) is 2. The molecule has 1 amide bonds. The fraction of sp³-hybridized carbons (Fsp3) is 0.520. The predicted molar refractivity (Wildman–Crippen MR) is 120 cm³/mol. The van der Waals surface area contributed by atoms with Crippen LogP contribution < -0.4 is 5.32 Å². The van der Waals surface area contributed by atoms with Gasteiger partial charge in [0.2, 0.25) is 5.91 Å². The first-order valence-electron chi connectivity index (χ1n) is 11.2. The molecule has 1 unspecified atom stereocenters. The molecule has 154 valence electrons. The van der Waals surface area contributed by atoms with Crippen LogP contribution >= 0.6 is 0 Å². The highest BCUT2D eigenvalue weighted by Crippen LogP contribution is 2.39. The van der Waals surface area contributed by atoms with Gasteiger partial charge >= 0.3 is 0 Å². The van der Waals surface area contributed by atoms with Crippen molar-refractivity contribution in [1.29, 1.82) is 0 Å². The lowest BCUT2D eigenvalue weighted by Crippen LogP contribution is -2.51. The number of amidine groups is 1. The summed E-state index contributed by atoms with van der Waals surface area (Å²) in [4.78, 5) is 19.6. The normalized spacial score (nSPS) is 23.8. The van der Waals surface area contributed by atoms with E-state index in [0.717, 1.165) is 53.7 Å². The zero-order chi connectivity index (χ0) is 20.4. The van der Waals surface area contributed by atoms with Gasteiger partial charge in [0, 0.05) is 17.0 Å². The average Bonchev–Trinajstić information content (AvgIpc) is 2.65. The Morgan fingerprint density at radius 3 is 2.55 bits per heavy atom. The molecule has 1 N–H and O–H groups in total. The molecule has 4 rings (SSSR count). The minimum absolute atomic E-state index is 0.00195. The van der Waals surface area contributed by atoms with E-state index in [-0.39, 0.29) is 11.9 Å². The Bertz CT molecular complexity index is 846. The Morgan fingerprint density at radius 2 is 1.83 bits per heavy atom. The lowest BCUT2D eigenvalue weighted by atomic mass is 9.84. The van der Waals surface area contributed by atoms with E-state index in [4.69, 9.17) is 4.99 Å². The number of amides is 1. The number of fused-ring (bicyclic) bond motifs is 1. The van der Waals surface area contributed by atoms with Crippen molar-refractivity contribution in [2.24, 2.45) is 10.9 Å². The molecule has 1 saturated carbocycles. The van der Waals surface area contributed by atoms with E-state index < -0.39 is 0 Å². The average molecular weight is 392 g/mol. The fourth-order valence-corrected chi connectivity index (χ4v) is 5.20. The van der Waals surface area contributed by atoms with E-state index in [1.165, 1.54) is 50.5 Å². The third-order valence-corrected chi connectivity index (χ3v) is 6.71. The van der Waals surface area contributed by atoms with Crippen LogP contribution in [0.3, 0.4) is 0 Å². The van der Waals surface area contributed by atoms with Gasteiger partial charge in [-0.2, -0.15) is 0 Å². The number of hydrogen-bond acceptors (Lipinski definition) is 3. The van der Waals surface area contributed by atoms with Crippen molar-refractivity contribution in [3.05, 3.63) is 48.2 Å². The number of carbonyl (C=O) groups is 1. The molecule has 3 aliphatic rings. The summed E-state index contributed by atoms with van der Waals surface area (Å²) in [6.45, 7) is 10.3. The largest absolute Gasteiger partial charge is 0.329 e. The highest BCUT2D eigenvalue weighted by atomic mass is 16.2. The summed E-state index contributed by atoms with van der Waals surface area (Å²) in [6.07, 6.45) is 12.1. The van der Waals surface area contributed by atoms with Gasteiger partial charge in [0.15, 0.2) is 0 Å². The van der Waals surface area contributed by atoms with Crippen molar-refractivity contribution in [2.45, 2.75) is 77.2 Å². The van der Waals surface area contributed by atoms with Crippen molar-refractivity contribution < 1.29 is 4.79 Å². The first-order chi connectivity index (χ1) is 14.0. The molecule has 2 aliphatic heterocycles. The molecule has 0 aromatic heterocycles. The zero-order valence-corrected chi connectivity index (χ0v) is 17.7. The summed E-state index contributed by atoms with van der Waals surface area (Å²) in [5.41, 5.74) is 5.18. The SMILES string of the molecule is C=C1CCC(N2C(=C)c3c(CC4CCCCCCC4)cccc3N=C2C)C(=O)N1. The molecule has 1 aromatic carbocycles. The minimum Gasteiger partial charge on any atom is -0.329 e. The lowest BCUT2D eigenvalue weighted by Gasteiger charge is -2.39. The molecule has 0 spiro atoms. The maximum Gasteiger partial charge on any atom is 0.247 e. The van der Waals surface area contributed by atoms with Crippen LogP contribution in [-0.2, 0) is 11.2 Å². The number of carbonyl (C=O) groups excluding carboxylic acids is 1. The number of aliphatic imine (C=N–C) groups is 1. The molecule has 29 heavy (non-hydrogen) atoms. The Hall–Kier alpha value is -2.36. The van der Waals surface area contributed by atoms with E-state index in [0.29, 0.717) is 0 Å². The minimum atomic E-state index is -0.264. The number of nitrogens with one attached hydrogen (secondary N) is 1. The second-order valence-corrected chi connectivity index (χ2v) is 8.85. The zero-order valence-electron chi connectivity index (χ0n) is 17.7. The molecule has 2 heterocycles. The van der Waals surface area contributed by atoms with Crippen molar-refractivity contribution in [3.8, 4) is 0 Å². The van der Waals surface area contributed by atoms with Crippen molar-refractivity contribution in [3.63, 3.8) is 0 Å². The first-order valence-corrected chi connectivity index (χ1v) is 11.2. The monoisotopic (exact) mass is 391 g/mol. The molecular formula is C25H33N3O. The molecular weight excluding hydrogens is 358 g/mol. The Kier molecular flexibility index (Phi) is 5.89. The smallest absolute Gasteiger partial charge is 0.247 e. The van der Waals surface area contributed by atoms with Crippen LogP contribution in [0.1, 0.15) is 75.8 Å². The molecule has 2 fully saturated rings. The first kappa shape index (κ1) is 19.9. The van der Waals surface area contributed by atoms with Crippen LogP contribution in [0.5, 0.6) is 0 Å². The standard InChI is InChI=1S/C25H33N3O/c1-17-14-15-23(25(29)26-17)28-18(2)24-21(12-9-13-22(24)27-19(28)3)16-20-10-7-5-4-6-8-11-20/h9,12-13,20,23H,1-2,4-8,10-11,14-16H2,3H3,(H,26,29). The van der Waals surface area contributed by atoms with Gasteiger partial charge in [0.05, 0.1) is 5.69 Å². The van der Waals surface area contributed by atoms with Crippen LogP contribution in [0.25, 0.3) is 5.70 Å². The fourth-order valence-electron chi connectivity index (χ4n) is 5.20. The number of allylic oxidation sites excluding steroid dienone is 1. The molecule has 4 heteroatoms. The summed E-state index contributed by atoms with van der Waals surface area (Å²) < 4.78 is 0. The van der Waals surface area contributed by atoms with Crippen LogP contribution in [0.4, 0.5) is 5.69 Å². The quantitative estimate of drug-likeness (QED) is 0.716. The van der Waals surface area contributed by atoms with Crippen molar-refractivity contribution >= 4 is 23.1 Å². The molecule has 4 nitrogen and oxygen atoms in total. The summed E-state index contributed by atoms with van der Waals surface area (Å²) in [5, 5.41) is 2.91. The Labute approximate surface area is 174 Å². The van der Waals surface area contributed by atoms with Gasteiger partial charge in [0.25, 0.3) is 0 Å². The van der Waals surface area contributed by atoms with Gasteiger partial charge in [-0.25, -0.2) is 4.99 Å². The van der Waals surface area contributed by atoms with Crippen LogP contribution in [0.15, 0.2) is 42.0 Å². The van der Waals surface area contributed by atoms with Crippen LogP contribution in [0, 0.1) is 5.92 Å². The van der Waals surface area contributed by atoms with Crippen LogP contribution in [-0.4, -0.2) is 22.7 Å². The number of hydrogen-bond donors (Lipinski definition) is 1. The second kappa shape index (κ2) is 8.56. The molecule has 1 saturated heterocycles. The topological polar surface area (TPSA) is 44.7 Å². The van der Waals surface area contributed by atoms with Gasteiger partial charge in [-0.15, -0.1) is 0 Å². The Balaban J connectivity index is 1.62. The van der Waals surface area contributed by atoms with E-state index in [2.05, 4.69) is 36.7 Å². The molecule has 0 radical (unpaired) electrons. The van der Waals surface area contributed by atoms with Crippen LogP contribution in [0.2, 0.25) is 0 Å². The molecule has 1 atom stereocenters. The third-order valence-electron chi connectivity index (χ3n) is 6.71. The van der Waals surface area contributed by atoms with Gasteiger partial charge in [0.1, 0.15) is 11.9 Å². The van der Waals surface area contributed by atoms with Gasteiger partial charge in [-0.3, -0.25) is 4.79 Å². The number of piperidine rings is 1. The number of benzene rings is 1. The highest BCUT2D eigenvalue weighted by molar-refractivity contribution is 6.01. The number of rotatable bonds is 3. The van der Waals surface area contributed by atoms with E-state index in [1.54, 1.807) is 0 Å². The summed E-state index contributed by atoms with van der Waals surface area (Å²) >= 11 is 0. The highest BCUT2D eigenvalue weighted by Gasteiger charge is 2.35. The summed E-state index contributed by atoms with van der Waals surface area (Å²) in [5.74, 6) is 1.58. The van der Waals surface area contributed by atoms with E-state index >= 15 is 0 Å². The van der Waals surface area contributed by atoms with Crippen molar-refractivity contribution in [2.75, 3.05) is 0 Å². The summed E-state index contributed by atoms with van der Waals surface area (Å²) in [6, 6.07) is 6.17. The van der Waals surface area contributed by atoms with Crippen molar-refractivity contribution in [1.82, 2.24) is 10.2 Å². The van der Waals surface area contributed by atoms with E-state index in [1.807, 2.05) is 11.8 Å². The maximum atomic E-state index is 12.7. The van der Waals surface area contributed by atoms with Gasteiger partial charge in [-0.05, 0) is 43.7 Å². The molecule has 1 aliphatic carbocycles. The molecule has 1 aromatic rings. The molecule has 0 bridgehead atoms. The van der Waals surface area contributed by atoms with E-state index in [9.17, 15) is 4.79 Å². The predicted octanol–water partition coefficient (Wildman–Crippen LogP) is 5.72. The third kappa shape index (κ3) is 4.17. The van der Waals surface area contributed by atoms with Gasteiger partial charge < -0.3 is 10.2 Å². The second-order valence-electron chi connectivity index (χ2n) is 8.85. The lowest BCUT2D eigenvalue weighted by molar-refractivity contribution is -0.124.